The fourth-order valence-electron chi connectivity index (χ4n) is 1.79. The van der Waals surface area contributed by atoms with Gasteiger partial charge < -0.3 is 19.7 Å². The largest absolute Gasteiger partial charge is 0.505 e. The van der Waals surface area contributed by atoms with Crippen molar-refractivity contribution in [1.29, 1.82) is 0 Å². The van der Waals surface area contributed by atoms with Crippen LogP contribution in [0.4, 0.5) is 4.39 Å². The number of carboxylic acid groups (broad SMARTS) is 1. The zero-order valence-electron chi connectivity index (χ0n) is 9.77. The maximum Gasteiger partial charge on any atom is 0.306 e. The molecule has 1 aliphatic heterocycles. The molecule has 98 valence electrons. The molecule has 0 spiro atoms. The number of benzene rings is 1. The van der Waals surface area contributed by atoms with Gasteiger partial charge in [0.1, 0.15) is 13.2 Å². The molecule has 1 aliphatic rings. The molecule has 1 aromatic rings. The Bertz CT molecular complexity index is 486. The van der Waals surface area contributed by atoms with Crippen molar-refractivity contribution in [1.82, 2.24) is 0 Å². The average Bonchev–Trinajstić information content (AvgIpc) is 2.34. The van der Waals surface area contributed by atoms with Gasteiger partial charge in [0.15, 0.2) is 23.1 Å². The summed E-state index contributed by atoms with van der Waals surface area (Å²) in [5, 5.41) is 18.3. The lowest BCUT2D eigenvalue weighted by Gasteiger charge is -2.22. The van der Waals surface area contributed by atoms with Crippen molar-refractivity contribution in [2.24, 2.45) is 5.92 Å². The van der Waals surface area contributed by atoms with Gasteiger partial charge in [-0.15, -0.1) is 0 Å². The molecule has 0 bridgehead atoms. The number of carboxylic acids is 1. The van der Waals surface area contributed by atoms with Crippen molar-refractivity contribution in [2.45, 2.75) is 13.3 Å². The lowest BCUT2D eigenvalue weighted by Crippen LogP contribution is -2.19. The van der Waals surface area contributed by atoms with Crippen molar-refractivity contribution in [3.8, 4) is 17.2 Å². The van der Waals surface area contributed by atoms with Gasteiger partial charge in [-0.2, -0.15) is 0 Å². The summed E-state index contributed by atoms with van der Waals surface area (Å²) in [5.41, 5.74) is 0.0413. The van der Waals surface area contributed by atoms with Gasteiger partial charge in [-0.1, -0.05) is 6.92 Å². The normalized spacial score (nSPS) is 15.2. The van der Waals surface area contributed by atoms with Crippen LogP contribution in [-0.4, -0.2) is 29.4 Å². The zero-order valence-corrected chi connectivity index (χ0v) is 9.77. The summed E-state index contributed by atoms with van der Waals surface area (Å²) in [6.45, 7) is 2.04. The molecule has 0 aliphatic carbocycles. The minimum absolute atomic E-state index is 0.0413. The average molecular weight is 256 g/mol. The van der Waals surface area contributed by atoms with Crippen LogP contribution in [0.3, 0.4) is 0 Å². The molecule has 0 saturated carbocycles. The van der Waals surface area contributed by atoms with E-state index in [0.717, 1.165) is 6.07 Å². The molecule has 2 rings (SSSR count). The van der Waals surface area contributed by atoms with E-state index in [9.17, 15) is 14.3 Å². The lowest BCUT2D eigenvalue weighted by molar-refractivity contribution is -0.141. The predicted octanol–water partition coefficient (Wildman–Crippen LogP) is 1.57. The number of ether oxygens (including phenoxy) is 2. The van der Waals surface area contributed by atoms with Crippen molar-refractivity contribution >= 4 is 5.97 Å². The highest BCUT2D eigenvalue weighted by molar-refractivity contribution is 5.70. The first kappa shape index (κ1) is 12.5. The number of halogens is 1. The summed E-state index contributed by atoms with van der Waals surface area (Å²) in [4.78, 5) is 10.8. The highest BCUT2D eigenvalue weighted by Gasteiger charge is 2.26. The summed E-state index contributed by atoms with van der Waals surface area (Å²) >= 11 is 0. The fourth-order valence-corrected chi connectivity index (χ4v) is 1.79. The number of hydrogen-bond donors (Lipinski definition) is 2. The second-order valence-corrected chi connectivity index (χ2v) is 4.16. The monoisotopic (exact) mass is 256 g/mol. The van der Waals surface area contributed by atoms with E-state index in [1.54, 1.807) is 0 Å². The number of phenols is 1. The zero-order chi connectivity index (χ0) is 13.3. The van der Waals surface area contributed by atoms with E-state index in [1.807, 2.05) is 0 Å². The predicted molar refractivity (Wildman–Crippen MR) is 59.6 cm³/mol. The number of aromatic hydroxyl groups is 1. The van der Waals surface area contributed by atoms with E-state index in [4.69, 9.17) is 14.6 Å². The summed E-state index contributed by atoms with van der Waals surface area (Å²) < 4.78 is 24.4. The summed E-state index contributed by atoms with van der Waals surface area (Å²) in [5.74, 6) is -2.81. The van der Waals surface area contributed by atoms with E-state index in [0.29, 0.717) is 6.61 Å². The van der Waals surface area contributed by atoms with E-state index >= 15 is 0 Å². The molecule has 2 N–H and O–H groups in total. The molecular weight excluding hydrogens is 243 g/mol. The lowest BCUT2D eigenvalue weighted by atomic mass is 9.99. The SMILES string of the molecule is CC(Cc1c(F)c(O)cc2c1OCCO2)C(=O)O. The Morgan fingerprint density at radius 3 is 2.83 bits per heavy atom. The number of hydrogen-bond acceptors (Lipinski definition) is 4. The second kappa shape index (κ2) is 4.72. The van der Waals surface area contributed by atoms with Crippen molar-refractivity contribution in [2.75, 3.05) is 13.2 Å². The Labute approximate surface area is 103 Å². The maximum atomic E-state index is 13.8. The minimum atomic E-state index is -1.04. The van der Waals surface area contributed by atoms with Gasteiger partial charge in [0.05, 0.1) is 5.92 Å². The summed E-state index contributed by atoms with van der Waals surface area (Å²) in [7, 11) is 0. The van der Waals surface area contributed by atoms with E-state index in [-0.39, 0.29) is 30.1 Å². The van der Waals surface area contributed by atoms with Crippen LogP contribution in [0.1, 0.15) is 12.5 Å². The number of aliphatic carboxylic acids is 1. The van der Waals surface area contributed by atoms with Crippen molar-refractivity contribution < 1.29 is 28.9 Å². The van der Waals surface area contributed by atoms with Gasteiger partial charge in [-0.3, -0.25) is 4.79 Å². The molecule has 0 fully saturated rings. The maximum absolute atomic E-state index is 13.8. The highest BCUT2D eigenvalue weighted by atomic mass is 19.1. The first-order chi connectivity index (χ1) is 8.50. The van der Waals surface area contributed by atoms with Gasteiger partial charge in [-0.05, 0) is 6.42 Å². The van der Waals surface area contributed by atoms with Crippen LogP contribution in [0.2, 0.25) is 0 Å². The van der Waals surface area contributed by atoms with Crippen LogP contribution < -0.4 is 9.47 Å². The molecule has 18 heavy (non-hydrogen) atoms. The molecule has 5 nitrogen and oxygen atoms in total. The molecule has 1 aromatic carbocycles. The highest BCUT2D eigenvalue weighted by Crippen LogP contribution is 2.40. The quantitative estimate of drug-likeness (QED) is 0.858. The Hall–Kier alpha value is -1.98. The second-order valence-electron chi connectivity index (χ2n) is 4.16. The van der Waals surface area contributed by atoms with Gasteiger partial charge in [0, 0.05) is 11.6 Å². The van der Waals surface area contributed by atoms with Crippen molar-refractivity contribution in [3.63, 3.8) is 0 Å². The molecule has 6 heteroatoms. The Morgan fingerprint density at radius 2 is 2.17 bits per heavy atom. The van der Waals surface area contributed by atoms with Crippen LogP contribution in [-0.2, 0) is 11.2 Å². The molecule has 1 heterocycles. The third kappa shape index (κ3) is 2.18. The molecule has 0 aromatic heterocycles. The summed E-state index contributed by atoms with van der Waals surface area (Å²) in [6, 6.07) is 1.14. The van der Waals surface area contributed by atoms with Gasteiger partial charge >= 0.3 is 5.97 Å². The molecule has 0 amide bonds. The molecule has 1 atom stereocenters. The number of rotatable bonds is 3. The van der Waals surface area contributed by atoms with E-state index < -0.39 is 23.5 Å². The topological polar surface area (TPSA) is 76.0 Å². The van der Waals surface area contributed by atoms with Crippen molar-refractivity contribution in [3.05, 3.63) is 17.4 Å². The first-order valence-corrected chi connectivity index (χ1v) is 5.53. The molecule has 0 radical (unpaired) electrons. The first-order valence-electron chi connectivity index (χ1n) is 5.53. The fraction of sp³-hybridized carbons (Fsp3) is 0.417. The van der Waals surface area contributed by atoms with Crippen LogP contribution in [0.25, 0.3) is 0 Å². The minimum Gasteiger partial charge on any atom is -0.505 e. The standard InChI is InChI=1S/C12H13FO5/c1-6(12(15)16)4-7-10(13)8(14)5-9-11(7)18-3-2-17-9/h5-6,14H,2-4H2,1H3,(H,15,16). The molecular formula is C12H13FO5. The Morgan fingerprint density at radius 1 is 1.50 bits per heavy atom. The Kier molecular flexibility index (Phi) is 3.27. The van der Waals surface area contributed by atoms with Crippen LogP contribution in [0.15, 0.2) is 6.07 Å². The number of fused-ring (bicyclic) bond motifs is 1. The number of carbonyl (C=O) groups is 1. The van der Waals surface area contributed by atoms with Gasteiger partial charge in [-0.25, -0.2) is 4.39 Å². The van der Waals surface area contributed by atoms with E-state index in [1.165, 1.54) is 6.92 Å². The third-order valence-corrected chi connectivity index (χ3v) is 2.77. The molecule has 1 unspecified atom stereocenters. The van der Waals surface area contributed by atoms with Crippen LogP contribution in [0, 0.1) is 11.7 Å². The Balaban J connectivity index is 2.43. The smallest absolute Gasteiger partial charge is 0.306 e. The third-order valence-electron chi connectivity index (χ3n) is 2.77. The van der Waals surface area contributed by atoms with Crippen LogP contribution in [0.5, 0.6) is 17.2 Å². The molecule has 0 saturated heterocycles. The summed E-state index contributed by atoms with van der Waals surface area (Å²) in [6.07, 6.45) is -0.0682. The van der Waals surface area contributed by atoms with E-state index in [2.05, 4.69) is 0 Å². The van der Waals surface area contributed by atoms with Gasteiger partial charge in [0.2, 0.25) is 0 Å². The van der Waals surface area contributed by atoms with Gasteiger partial charge in [0.25, 0.3) is 0 Å². The van der Waals surface area contributed by atoms with Crippen LogP contribution >= 0.6 is 0 Å². The number of phenolic OH excluding ortho intramolecular Hbond substituents is 1.